The Bertz CT molecular complexity index is 1340. The molecule has 5 rings (SSSR count). The van der Waals surface area contributed by atoms with E-state index < -0.39 is 24.3 Å². The fraction of sp³-hybridized carbons (Fsp3) is 0.444. The van der Waals surface area contributed by atoms with Crippen LogP contribution in [0, 0.1) is 5.41 Å². The third kappa shape index (κ3) is 6.54. The predicted molar refractivity (Wildman–Crippen MR) is 146 cm³/mol. The first-order chi connectivity index (χ1) is 18.5. The number of halogens is 5. The number of carbonyl (C=O) groups is 1. The standard InChI is InChI=1S/C27H28ClF3N4O4.ClH/c28-17-3-4-18(19(10-17)16-2-1-9-38-13-16)23(27(29,30)31)39-22-11-20(34-25(32)35-22)15-5-7-26(8-6-15)12-21(24(36)37)33-14-26;/h2-5,10-11,21,23,33H,1,6-9,12-14H2,(H,36,37)(H2,32,34,35);1H/t21-,23+,26+;/m0./s1. The molecule has 40 heavy (non-hydrogen) atoms. The number of carboxylic acids is 1. The summed E-state index contributed by atoms with van der Waals surface area (Å²) in [4.78, 5) is 19.5. The number of aliphatic carboxylic acids is 1. The highest BCUT2D eigenvalue weighted by molar-refractivity contribution is 6.30. The van der Waals surface area contributed by atoms with Gasteiger partial charge in [0.2, 0.25) is 17.9 Å². The molecule has 3 atom stereocenters. The van der Waals surface area contributed by atoms with Crippen LogP contribution in [0.4, 0.5) is 19.1 Å². The first-order valence-corrected chi connectivity index (χ1v) is 13.0. The number of aromatic nitrogens is 2. The normalized spacial score (nSPS) is 23.6. The lowest BCUT2D eigenvalue weighted by Gasteiger charge is -2.32. The fourth-order valence-corrected chi connectivity index (χ4v) is 5.66. The van der Waals surface area contributed by atoms with Crippen LogP contribution in [-0.4, -0.2) is 53.0 Å². The number of nitrogens with two attached hydrogens (primary N) is 1. The Hall–Kier alpha value is -2.86. The van der Waals surface area contributed by atoms with Gasteiger partial charge in [-0.25, -0.2) is 4.98 Å². The monoisotopic (exact) mass is 600 g/mol. The molecule has 1 spiro atoms. The van der Waals surface area contributed by atoms with Crippen LogP contribution in [0.2, 0.25) is 5.02 Å². The molecule has 3 heterocycles. The number of hydrogen-bond donors (Lipinski definition) is 3. The lowest BCUT2D eigenvalue weighted by atomic mass is 9.73. The number of nitrogens with one attached hydrogen (secondary N) is 1. The second-order valence-corrected chi connectivity index (χ2v) is 10.6. The predicted octanol–water partition coefficient (Wildman–Crippen LogP) is 5.62. The van der Waals surface area contributed by atoms with Gasteiger partial charge in [0.25, 0.3) is 0 Å². The zero-order chi connectivity index (χ0) is 27.8. The molecule has 1 saturated heterocycles. The summed E-state index contributed by atoms with van der Waals surface area (Å²) in [6, 6.07) is 4.96. The highest BCUT2D eigenvalue weighted by Crippen LogP contribution is 2.45. The van der Waals surface area contributed by atoms with Crippen LogP contribution in [0.15, 0.2) is 36.4 Å². The third-order valence-electron chi connectivity index (χ3n) is 7.50. The zero-order valence-corrected chi connectivity index (χ0v) is 22.9. The van der Waals surface area contributed by atoms with Crippen molar-refractivity contribution < 1.29 is 32.5 Å². The molecule has 1 aromatic heterocycles. The molecule has 8 nitrogen and oxygen atoms in total. The molecule has 0 bridgehead atoms. The van der Waals surface area contributed by atoms with Crippen molar-refractivity contribution >= 4 is 47.1 Å². The minimum atomic E-state index is -4.77. The summed E-state index contributed by atoms with van der Waals surface area (Å²) >= 11 is 6.14. The summed E-state index contributed by atoms with van der Waals surface area (Å²) < 4.78 is 54.2. The second-order valence-electron chi connectivity index (χ2n) is 10.2. The van der Waals surface area contributed by atoms with E-state index in [-0.39, 0.29) is 41.8 Å². The van der Waals surface area contributed by atoms with Gasteiger partial charge in [-0.3, -0.25) is 4.79 Å². The van der Waals surface area contributed by atoms with Gasteiger partial charge in [-0.2, -0.15) is 18.2 Å². The number of allylic oxidation sites excluding steroid dienone is 2. The average molecular weight is 601 g/mol. The summed E-state index contributed by atoms with van der Waals surface area (Å²) in [7, 11) is 0. The summed E-state index contributed by atoms with van der Waals surface area (Å²) in [5, 5.41) is 12.7. The van der Waals surface area contributed by atoms with E-state index in [4.69, 9.17) is 26.8 Å². The maximum absolute atomic E-state index is 14.4. The Kier molecular flexibility index (Phi) is 8.99. The number of anilines is 1. The van der Waals surface area contributed by atoms with Crippen molar-refractivity contribution in [3.63, 3.8) is 0 Å². The van der Waals surface area contributed by atoms with Gasteiger partial charge in [0.1, 0.15) is 6.04 Å². The van der Waals surface area contributed by atoms with Crippen molar-refractivity contribution in [1.82, 2.24) is 15.3 Å². The van der Waals surface area contributed by atoms with E-state index in [0.29, 0.717) is 67.1 Å². The minimum Gasteiger partial charge on any atom is -0.480 e. The highest BCUT2D eigenvalue weighted by Gasteiger charge is 2.45. The molecule has 0 unspecified atom stereocenters. The molecule has 1 aliphatic carbocycles. The molecule has 4 N–H and O–H groups in total. The molecule has 1 aromatic carbocycles. The number of carboxylic acid groups (broad SMARTS) is 1. The van der Waals surface area contributed by atoms with E-state index in [0.717, 1.165) is 5.57 Å². The quantitative estimate of drug-likeness (QED) is 0.391. The second kappa shape index (κ2) is 11.9. The maximum atomic E-state index is 14.4. The molecular formula is C27H29Cl2F3N4O4. The number of benzene rings is 1. The molecule has 1 fully saturated rings. The van der Waals surface area contributed by atoms with E-state index >= 15 is 0 Å². The fourth-order valence-electron chi connectivity index (χ4n) is 5.49. The highest BCUT2D eigenvalue weighted by atomic mass is 35.5. The van der Waals surface area contributed by atoms with Gasteiger partial charge in [-0.15, -0.1) is 12.4 Å². The maximum Gasteiger partial charge on any atom is 0.429 e. The van der Waals surface area contributed by atoms with Crippen LogP contribution in [-0.2, 0) is 9.53 Å². The Morgan fingerprint density at radius 3 is 2.67 bits per heavy atom. The lowest BCUT2D eigenvalue weighted by molar-refractivity contribution is -0.198. The first kappa shape index (κ1) is 30.1. The van der Waals surface area contributed by atoms with E-state index in [1.165, 1.54) is 24.3 Å². The number of hydrogen-bond acceptors (Lipinski definition) is 7. The largest absolute Gasteiger partial charge is 0.480 e. The van der Waals surface area contributed by atoms with Gasteiger partial charge in [-0.05, 0) is 66.4 Å². The topological polar surface area (TPSA) is 120 Å². The van der Waals surface area contributed by atoms with Gasteiger partial charge in [0, 0.05) is 23.2 Å². The van der Waals surface area contributed by atoms with Crippen molar-refractivity contribution in [3.05, 3.63) is 58.3 Å². The van der Waals surface area contributed by atoms with E-state index in [2.05, 4.69) is 15.3 Å². The van der Waals surface area contributed by atoms with Crippen molar-refractivity contribution in [2.45, 2.75) is 50.4 Å². The molecule has 13 heteroatoms. The Balaban J connectivity index is 0.00000370. The van der Waals surface area contributed by atoms with Gasteiger partial charge >= 0.3 is 12.1 Å². The number of alkyl halides is 3. The van der Waals surface area contributed by atoms with Crippen molar-refractivity contribution in [3.8, 4) is 5.88 Å². The lowest BCUT2D eigenvalue weighted by Crippen LogP contribution is -2.30. The zero-order valence-electron chi connectivity index (χ0n) is 21.3. The molecule has 2 aliphatic heterocycles. The number of nitrogens with zero attached hydrogens (tertiary/aromatic N) is 2. The summed E-state index contributed by atoms with van der Waals surface area (Å²) in [6.45, 7) is 1.25. The van der Waals surface area contributed by atoms with Crippen LogP contribution < -0.4 is 15.8 Å². The van der Waals surface area contributed by atoms with Crippen molar-refractivity contribution in [2.75, 3.05) is 25.5 Å². The Morgan fingerprint density at radius 2 is 2.05 bits per heavy atom. The summed E-state index contributed by atoms with van der Waals surface area (Å²) in [5.41, 5.74) is 7.71. The van der Waals surface area contributed by atoms with Gasteiger partial charge in [0.05, 0.1) is 18.9 Å². The number of rotatable bonds is 6. The molecule has 3 aliphatic rings. The van der Waals surface area contributed by atoms with E-state index in [9.17, 15) is 23.1 Å². The molecule has 2 aromatic rings. The van der Waals surface area contributed by atoms with Crippen LogP contribution >= 0.6 is 24.0 Å². The number of ether oxygens (including phenoxy) is 2. The van der Waals surface area contributed by atoms with Crippen LogP contribution in [0.5, 0.6) is 5.88 Å². The van der Waals surface area contributed by atoms with E-state index in [1.807, 2.05) is 12.2 Å². The number of nitrogen functional groups attached to an aromatic ring is 1. The van der Waals surface area contributed by atoms with Gasteiger partial charge in [0.15, 0.2) is 0 Å². The third-order valence-corrected chi connectivity index (χ3v) is 7.74. The Labute approximate surface area is 240 Å². The van der Waals surface area contributed by atoms with Crippen LogP contribution in [0.1, 0.15) is 55.0 Å². The average Bonchev–Trinajstić information content (AvgIpc) is 3.31. The first-order valence-electron chi connectivity index (χ1n) is 12.6. The SMILES string of the molecule is Cl.Nc1nc(O[C@H](c2ccc(Cl)cc2C2=CCCOC2)C(F)(F)F)cc(C2=CC[C@]3(CC2)CN[C@H](C(=O)O)C3)n1. The molecular weight excluding hydrogens is 572 g/mol. The smallest absolute Gasteiger partial charge is 0.429 e. The molecule has 216 valence electrons. The van der Waals surface area contributed by atoms with Gasteiger partial charge in [-0.1, -0.05) is 29.8 Å². The molecule has 0 saturated carbocycles. The van der Waals surface area contributed by atoms with Crippen LogP contribution in [0.25, 0.3) is 11.1 Å². The van der Waals surface area contributed by atoms with Crippen LogP contribution in [0.3, 0.4) is 0 Å². The Morgan fingerprint density at radius 1 is 1.25 bits per heavy atom. The summed E-state index contributed by atoms with van der Waals surface area (Å²) in [6.07, 6.45) is -0.313. The van der Waals surface area contributed by atoms with Gasteiger partial charge < -0.3 is 25.6 Å². The summed E-state index contributed by atoms with van der Waals surface area (Å²) in [5.74, 6) is -1.38. The molecule has 0 radical (unpaired) electrons. The van der Waals surface area contributed by atoms with E-state index in [1.54, 1.807) is 0 Å². The van der Waals surface area contributed by atoms with Crippen molar-refractivity contribution in [2.24, 2.45) is 5.41 Å². The minimum absolute atomic E-state index is 0. The van der Waals surface area contributed by atoms with Crippen molar-refractivity contribution in [1.29, 1.82) is 0 Å². The molecule has 0 amide bonds.